The second-order valence-electron chi connectivity index (χ2n) is 4.34. The summed E-state index contributed by atoms with van der Waals surface area (Å²) in [5.74, 6) is 0. The molecule has 0 radical (unpaired) electrons. The molecule has 18 heavy (non-hydrogen) atoms. The van der Waals surface area contributed by atoms with E-state index >= 15 is 0 Å². The van der Waals surface area contributed by atoms with Crippen LogP contribution in [0.1, 0.15) is 22.2 Å². The van der Waals surface area contributed by atoms with Crippen LogP contribution in [0.3, 0.4) is 0 Å². The van der Waals surface area contributed by atoms with Crippen LogP contribution in [0.15, 0.2) is 41.8 Å². The number of aromatic amines is 1. The first-order valence-corrected chi connectivity index (χ1v) is 6.82. The SMILES string of the molecule is CO[C@H](c1cccs1)c1c(C)[nH]c2ccccc12. The maximum absolute atomic E-state index is 5.72. The van der Waals surface area contributed by atoms with Gasteiger partial charge in [0.15, 0.2) is 0 Å². The average Bonchev–Trinajstić information content (AvgIpc) is 2.99. The summed E-state index contributed by atoms with van der Waals surface area (Å²) in [6, 6.07) is 12.6. The summed E-state index contributed by atoms with van der Waals surface area (Å²) in [7, 11) is 1.77. The van der Waals surface area contributed by atoms with E-state index in [0.29, 0.717) is 0 Å². The molecule has 0 spiro atoms. The molecule has 3 rings (SSSR count). The number of aryl methyl sites for hydroxylation is 1. The van der Waals surface area contributed by atoms with E-state index in [2.05, 4.69) is 53.7 Å². The molecule has 1 aromatic carbocycles. The minimum absolute atomic E-state index is 0.0150. The molecule has 3 aromatic rings. The van der Waals surface area contributed by atoms with Crippen LogP contribution in [0.25, 0.3) is 10.9 Å². The van der Waals surface area contributed by atoms with E-state index in [1.807, 2.05) is 0 Å². The van der Waals surface area contributed by atoms with Crippen molar-refractivity contribution in [3.05, 3.63) is 57.9 Å². The first-order chi connectivity index (χ1) is 8.81. The van der Waals surface area contributed by atoms with Gasteiger partial charge in [0.2, 0.25) is 0 Å². The van der Waals surface area contributed by atoms with Gasteiger partial charge in [-0.15, -0.1) is 11.3 Å². The highest BCUT2D eigenvalue weighted by Gasteiger charge is 2.20. The van der Waals surface area contributed by atoms with Gasteiger partial charge in [-0.3, -0.25) is 0 Å². The van der Waals surface area contributed by atoms with Crippen molar-refractivity contribution >= 4 is 22.2 Å². The molecule has 3 heteroatoms. The number of rotatable bonds is 3. The van der Waals surface area contributed by atoms with Crippen LogP contribution in [0.2, 0.25) is 0 Å². The zero-order chi connectivity index (χ0) is 12.5. The van der Waals surface area contributed by atoms with Gasteiger partial charge in [-0.05, 0) is 24.4 Å². The van der Waals surface area contributed by atoms with E-state index in [0.717, 1.165) is 0 Å². The Balaban J connectivity index is 2.21. The fraction of sp³-hybridized carbons (Fsp3) is 0.200. The summed E-state index contributed by atoms with van der Waals surface area (Å²) in [6.07, 6.45) is 0.0150. The van der Waals surface area contributed by atoms with Gasteiger partial charge < -0.3 is 9.72 Å². The molecule has 1 N–H and O–H groups in total. The van der Waals surface area contributed by atoms with Crippen LogP contribution in [0.4, 0.5) is 0 Å². The van der Waals surface area contributed by atoms with Crippen molar-refractivity contribution < 1.29 is 4.74 Å². The van der Waals surface area contributed by atoms with Crippen molar-refractivity contribution in [2.45, 2.75) is 13.0 Å². The molecule has 0 saturated carbocycles. The van der Waals surface area contributed by atoms with E-state index in [9.17, 15) is 0 Å². The van der Waals surface area contributed by atoms with Crippen LogP contribution in [0.5, 0.6) is 0 Å². The Labute approximate surface area is 110 Å². The van der Waals surface area contributed by atoms with Gasteiger partial charge in [0.1, 0.15) is 6.10 Å². The zero-order valence-electron chi connectivity index (χ0n) is 10.4. The first kappa shape index (κ1) is 11.5. The highest BCUT2D eigenvalue weighted by atomic mass is 32.1. The second-order valence-corrected chi connectivity index (χ2v) is 5.32. The summed E-state index contributed by atoms with van der Waals surface area (Å²) >= 11 is 1.73. The number of aromatic nitrogens is 1. The third-order valence-electron chi connectivity index (χ3n) is 3.24. The van der Waals surface area contributed by atoms with Gasteiger partial charge in [-0.25, -0.2) is 0 Å². The summed E-state index contributed by atoms with van der Waals surface area (Å²) in [6.45, 7) is 2.11. The molecular weight excluding hydrogens is 242 g/mol. The van der Waals surface area contributed by atoms with Gasteiger partial charge in [0, 0.05) is 34.1 Å². The third-order valence-corrected chi connectivity index (χ3v) is 4.16. The topological polar surface area (TPSA) is 25.0 Å². The van der Waals surface area contributed by atoms with Gasteiger partial charge in [-0.1, -0.05) is 24.3 Å². The average molecular weight is 257 g/mol. The normalized spacial score (nSPS) is 13.0. The Morgan fingerprint density at radius 3 is 2.72 bits per heavy atom. The molecule has 1 atom stereocenters. The van der Waals surface area contributed by atoms with Crippen molar-refractivity contribution in [2.75, 3.05) is 7.11 Å². The molecule has 2 nitrogen and oxygen atoms in total. The van der Waals surface area contributed by atoms with Gasteiger partial charge in [0.25, 0.3) is 0 Å². The maximum Gasteiger partial charge on any atom is 0.119 e. The lowest BCUT2D eigenvalue weighted by atomic mass is 10.0. The number of H-pyrrole nitrogens is 1. The lowest BCUT2D eigenvalue weighted by Crippen LogP contribution is -2.02. The number of thiophene rings is 1. The summed E-state index contributed by atoms with van der Waals surface area (Å²) in [5.41, 5.74) is 3.59. The van der Waals surface area contributed by atoms with E-state index in [4.69, 9.17) is 4.74 Å². The highest BCUT2D eigenvalue weighted by Crippen LogP contribution is 2.35. The lowest BCUT2D eigenvalue weighted by Gasteiger charge is -2.14. The van der Waals surface area contributed by atoms with E-state index in [-0.39, 0.29) is 6.10 Å². The molecular formula is C15H15NOS. The number of benzene rings is 1. The lowest BCUT2D eigenvalue weighted by molar-refractivity contribution is 0.140. The van der Waals surface area contributed by atoms with Crippen LogP contribution in [0, 0.1) is 6.92 Å². The zero-order valence-corrected chi connectivity index (χ0v) is 11.3. The molecule has 0 bridgehead atoms. The molecule has 0 aliphatic carbocycles. The molecule has 0 amide bonds. The van der Waals surface area contributed by atoms with Crippen molar-refractivity contribution in [1.29, 1.82) is 0 Å². The first-order valence-electron chi connectivity index (χ1n) is 5.94. The molecule has 0 fully saturated rings. The van der Waals surface area contributed by atoms with E-state index < -0.39 is 0 Å². The number of hydrogen-bond donors (Lipinski definition) is 1. The van der Waals surface area contributed by atoms with Gasteiger partial charge in [-0.2, -0.15) is 0 Å². The molecule has 92 valence electrons. The van der Waals surface area contributed by atoms with Crippen LogP contribution in [-0.4, -0.2) is 12.1 Å². The third kappa shape index (κ3) is 1.76. The fourth-order valence-electron chi connectivity index (χ4n) is 2.45. The number of para-hydroxylation sites is 1. The minimum Gasteiger partial charge on any atom is -0.371 e. The number of hydrogen-bond acceptors (Lipinski definition) is 2. The largest absolute Gasteiger partial charge is 0.371 e. The minimum atomic E-state index is 0.0150. The Hall–Kier alpha value is -1.58. The number of fused-ring (bicyclic) bond motifs is 1. The number of ether oxygens (including phenoxy) is 1. The van der Waals surface area contributed by atoms with E-state index in [1.165, 1.54) is 27.0 Å². The van der Waals surface area contributed by atoms with Crippen LogP contribution >= 0.6 is 11.3 Å². The quantitative estimate of drug-likeness (QED) is 0.744. The molecule has 2 aromatic heterocycles. The standard InChI is InChI=1S/C15H15NOS/c1-10-14(11-6-3-4-7-12(11)16-10)15(17-2)13-8-5-9-18-13/h3-9,15-16H,1-2H3/t15-/m1/s1. The molecule has 0 aliphatic heterocycles. The van der Waals surface area contributed by atoms with Gasteiger partial charge >= 0.3 is 0 Å². The van der Waals surface area contributed by atoms with Crippen molar-refractivity contribution in [3.8, 4) is 0 Å². The summed E-state index contributed by atoms with van der Waals surface area (Å²) in [5, 5.41) is 3.33. The predicted octanol–water partition coefficient (Wildman–Crippen LogP) is 4.27. The fourth-order valence-corrected chi connectivity index (χ4v) is 3.26. The molecule has 2 heterocycles. The summed E-state index contributed by atoms with van der Waals surface area (Å²) < 4.78 is 5.72. The van der Waals surface area contributed by atoms with Crippen LogP contribution in [-0.2, 0) is 4.74 Å². The second kappa shape index (κ2) is 4.59. The monoisotopic (exact) mass is 257 g/mol. The molecule has 0 saturated heterocycles. The Kier molecular flexibility index (Phi) is 2.94. The van der Waals surface area contributed by atoms with Crippen molar-refractivity contribution in [2.24, 2.45) is 0 Å². The van der Waals surface area contributed by atoms with Crippen molar-refractivity contribution in [3.63, 3.8) is 0 Å². The highest BCUT2D eigenvalue weighted by molar-refractivity contribution is 7.10. The number of nitrogens with one attached hydrogen (secondary N) is 1. The smallest absolute Gasteiger partial charge is 0.119 e. The molecule has 0 unspecified atom stereocenters. The van der Waals surface area contributed by atoms with E-state index in [1.54, 1.807) is 18.4 Å². The van der Waals surface area contributed by atoms with Crippen LogP contribution < -0.4 is 0 Å². The van der Waals surface area contributed by atoms with Gasteiger partial charge in [0.05, 0.1) is 0 Å². The number of methoxy groups -OCH3 is 1. The Morgan fingerprint density at radius 2 is 2.00 bits per heavy atom. The Morgan fingerprint density at radius 1 is 1.17 bits per heavy atom. The molecule has 0 aliphatic rings. The maximum atomic E-state index is 5.72. The predicted molar refractivity (Wildman–Crippen MR) is 76.2 cm³/mol. The summed E-state index contributed by atoms with van der Waals surface area (Å²) in [4.78, 5) is 4.67. The Bertz CT molecular complexity index is 654. The van der Waals surface area contributed by atoms with Crippen molar-refractivity contribution in [1.82, 2.24) is 4.98 Å².